The second-order valence-electron chi connectivity index (χ2n) is 3.38. The molecule has 72 valence electrons. The molecule has 1 aromatic rings. The standard InChI is InChI=1S/C11H12N2O/c1-13-10(12)7-9(11(13)14)8-5-3-2-4-6-8/h2-7,9H,12H2,1H3. The van der Waals surface area contributed by atoms with Crippen molar-refractivity contribution in [1.29, 1.82) is 0 Å². The first-order chi connectivity index (χ1) is 6.70. The van der Waals surface area contributed by atoms with E-state index in [1.807, 2.05) is 30.3 Å². The number of carbonyl (C=O) groups excluding carboxylic acids is 1. The molecule has 0 aliphatic carbocycles. The van der Waals surface area contributed by atoms with Crippen LogP contribution >= 0.6 is 0 Å². The topological polar surface area (TPSA) is 46.3 Å². The van der Waals surface area contributed by atoms with Gasteiger partial charge in [0, 0.05) is 7.05 Å². The molecule has 14 heavy (non-hydrogen) atoms. The van der Waals surface area contributed by atoms with Crippen LogP contribution in [0.3, 0.4) is 0 Å². The van der Waals surface area contributed by atoms with Gasteiger partial charge in [0.05, 0.1) is 5.92 Å². The number of carbonyl (C=O) groups is 1. The molecule has 1 heterocycles. The lowest BCUT2D eigenvalue weighted by Crippen LogP contribution is -2.26. The zero-order valence-corrected chi connectivity index (χ0v) is 7.97. The molecule has 2 rings (SSSR count). The van der Waals surface area contributed by atoms with E-state index in [0.29, 0.717) is 5.82 Å². The Morgan fingerprint density at radius 1 is 1.29 bits per heavy atom. The number of likely N-dealkylation sites (N-methyl/N-ethyl adjacent to an activating group) is 1. The third-order valence-corrected chi connectivity index (χ3v) is 2.48. The molecule has 0 saturated carbocycles. The van der Waals surface area contributed by atoms with Crippen molar-refractivity contribution in [1.82, 2.24) is 4.90 Å². The van der Waals surface area contributed by atoms with Crippen LogP contribution in [0.4, 0.5) is 0 Å². The molecule has 0 bridgehead atoms. The van der Waals surface area contributed by atoms with Crippen LogP contribution in [0.25, 0.3) is 0 Å². The van der Waals surface area contributed by atoms with Gasteiger partial charge in [-0.05, 0) is 11.6 Å². The first-order valence-electron chi connectivity index (χ1n) is 4.50. The highest BCUT2D eigenvalue weighted by atomic mass is 16.2. The Hall–Kier alpha value is -1.77. The van der Waals surface area contributed by atoms with Crippen molar-refractivity contribution in [3.05, 3.63) is 47.8 Å². The van der Waals surface area contributed by atoms with Crippen LogP contribution in [0, 0.1) is 0 Å². The normalized spacial score (nSPS) is 21.2. The molecule has 3 heteroatoms. The van der Waals surface area contributed by atoms with Crippen LogP contribution in [-0.2, 0) is 4.79 Å². The molecule has 0 aromatic heterocycles. The van der Waals surface area contributed by atoms with Gasteiger partial charge in [-0.15, -0.1) is 0 Å². The van der Waals surface area contributed by atoms with Crippen LogP contribution in [-0.4, -0.2) is 17.9 Å². The van der Waals surface area contributed by atoms with Crippen LogP contribution in [0.2, 0.25) is 0 Å². The fraction of sp³-hybridized carbons (Fsp3) is 0.182. The van der Waals surface area contributed by atoms with Gasteiger partial charge in [-0.3, -0.25) is 4.79 Å². The fourth-order valence-corrected chi connectivity index (χ4v) is 1.59. The summed E-state index contributed by atoms with van der Waals surface area (Å²) in [5, 5.41) is 0. The summed E-state index contributed by atoms with van der Waals surface area (Å²) in [5.41, 5.74) is 6.65. The number of benzene rings is 1. The minimum atomic E-state index is -0.207. The van der Waals surface area contributed by atoms with Crippen molar-refractivity contribution in [3.8, 4) is 0 Å². The Morgan fingerprint density at radius 3 is 2.43 bits per heavy atom. The van der Waals surface area contributed by atoms with Crippen LogP contribution in [0.5, 0.6) is 0 Å². The maximum Gasteiger partial charge on any atom is 0.239 e. The van der Waals surface area contributed by atoms with Gasteiger partial charge >= 0.3 is 0 Å². The predicted octanol–water partition coefficient (Wildman–Crippen LogP) is 1.04. The molecule has 3 nitrogen and oxygen atoms in total. The molecule has 1 unspecified atom stereocenters. The molecule has 0 spiro atoms. The number of amides is 1. The van der Waals surface area contributed by atoms with Crippen molar-refractivity contribution in [2.24, 2.45) is 5.73 Å². The summed E-state index contributed by atoms with van der Waals surface area (Å²) in [6.07, 6.45) is 1.79. The molecular formula is C11H12N2O. The second-order valence-corrected chi connectivity index (χ2v) is 3.38. The Kier molecular flexibility index (Phi) is 2.00. The molecular weight excluding hydrogens is 176 g/mol. The van der Waals surface area contributed by atoms with E-state index in [2.05, 4.69) is 0 Å². The molecule has 0 saturated heterocycles. The summed E-state index contributed by atoms with van der Waals surface area (Å²) in [6, 6.07) is 9.65. The minimum Gasteiger partial charge on any atom is -0.385 e. The summed E-state index contributed by atoms with van der Waals surface area (Å²) in [5.74, 6) is 0.360. The SMILES string of the molecule is CN1C(=O)C(c2ccccc2)C=C1N. The van der Waals surface area contributed by atoms with Crippen molar-refractivity contribution < 1.29 is 4.79 Å². The van der Waals surface area contributed by atoms with Gasteiger partial charge in [-0.25, -0.2) is 0 Å². The summed E-state index contributed by atoms with van der Waals surface area (Å²) in [6.45, 7) is 0. The number of hydrogen-bond acceptors (Lipinski definition) is 2. The zero-order chi connectivity index (χ0) is 10.1. The molecule has 1 atom stereocenters. The lowest BCUT2D eigenvalue weighted by molar-refractivity contribution is -0.127. The second kappa shape index (κ2) is 3.18. The van der Waals surface area contributed by atoms with Gasteiger partial charge in [-0.2, -0.15) is 0 Å². The average molecular weight is 188 g/mol. The smallest absolute Gasteiger partial charge is 0.239 e. The van der Waals surface area contributed by atoms with Crippen LogP contribution in [0.1, 0.15) is 11.5 Å². The number of nitrogens with two attached hydrogens (primary N) is 1. The van der Waals surface area contributed by atoms with E-state index in [4.69, 9.17) is 5.73 Å². The maximum atomic E-state index is 11.7. The van der Waals surface area contributed by atoms with E-state index in [1.54, 1.807) is 13.1 Å². The molecule has 0 fully saturated rings. The van der Waals surface area contributed by atoms with Crippen LogP contribution in [0.15, 0.2) is 42.2 Å². The molecule has 2 N–H and O–H groups in total. The van der Waals surface area contributed by atoms with E-state index in [1.165, 1.54) is 4.90 Å². The Balaban J connectivity index is 2.35. The molecule has 1 amide bonds. The summed E-state index contributed by atoms with van der Waals surface area (Å²) < 4.78 is 0. The lowest BCUT2D eigenvalue weighted by atomic mass is 10.00. The number of nitrogens with zero attached hydrogens (tertiary/aromatic N) is 1. The monoisotopic (exact) mass is 188 g/mol. The van der Waals surface area contributed by atoms with Crippen molar-refractivity contribution in [2.75, 3.05) is 7.05 Å². The molecule has 0 radical (unpaired) electrons. The van der Waals surface area contributed by atoms with Gasteiger partial charge in [0.25, 0.3) is 0 Å². The third kappa shape index (κ3) is 1.27. The van der Waals surface area contributed by atoms with E-state index in [0.717, 1.165) is 5.56 Å². The Morgan fingerprint density at radius 2 is 1.93 bits per heavy atom. The largest absolute Gasteiger partial charge is 0.385 e. The van der Waals surface area contributed by atoms with Crippen molar-refractivity contribution in [2.45, 2.75) is 5.92 Å². The van der Waals surface area contributed by atoms with E-state index in [-0.39, 0.29) is 11.8 Å². The van der Waals surface area contributed by atoms with Crippen molar-refractivity contribution in [3.63, 3.8) is 0 Å². The van der Waals surface area contributed by atoms with E-state index in [9.17, 15) is 4.79 Å². The highest BCUT2D eigenvalue weighted by Gasteiger charge is 2.29. The number of hydrogen-bond donors (Lipinski definition) is 1. The maximum absolute atomic E-state index is 11.7. The predicted molar refractivity (Wildman–Crippen MR) is 54.2 cm³/mol. The lowest BCUT2D eigenvalue weighted by Gasteiger charge is -2.12. The first kappa shape index (κ1) is 8.81. The zero-order valence-electron chi connectivity index (χ0n) is 7.97. The van der Waals surface area contributed by atoms with Gasteiger partial charge in [-0.1, -0.05) is 30.3 Å². The summed E-state index contributed by atoms with van der Waals surface area (Å²) in [4.78, 5) is 13.2. The van der Waals surface area contributed by atoms with Gasteiger partial charge in [0.15, 0.2) is 0 Å². The van der Waals surface area contributed by atoms with Gasteiger partial charge in [0.2, 0.25) is 5.91 Å². The molecule has 1 aliphatic heterocycles. The summed E-state index contributed by atoms with van der Waals surface area (Å²) in [7, 11) is 1.69. The highest BCUT2D eigenvalue weighted by Crippen LogP contribution is 2.26. The van der Waals surface area contributed by atoms with E-state index >= 15 is 0 Å². The Labute approximate surface area is 82.8 Å². The van der Waals surface area contributed by atoms with Gasteiger partial charge in [0.1, 0.15) is 5.82 Å². The minimum absolute atomic E-state index is 0.0358. The average Bonchev–Trinajstić information content (AvgIpc) is 2.47. The number of rotatable bonds is 1. The van der Waals surface area contributed by atoms with Gasteiger partial charge < -0.3 is 10.6 Å². The first-order valence-corrected chi connectivity index (χ1v) is 4.50. The van der Waals surface area contributed by atoms with E-state index < -0.39 is 0 Å². The van der Waals surface area contributed by atoms with Crippen LogP contribution < -0.4 is 5.73 Å². The quantitative estimate of drug-likeness (QED) is 0.715. The Bertz CT molecular complexity index is 384. The fourth-order valence-electron chi connectivity index (χ4n) is 1.59. The molecule has 1 aliphatic rings. The van der Waals surface area contributed by atoms with Crippen molar-refractivity contribution >= 4 is 5.91 Å². The summed E-state index contributed by atoms with van der Waals surface area (Å²) >= 11 is 0. The highest BCUT2D eigenvalue weighted by molar-refractivity contribution is 5.89. The molecule has 1 aromatic carbocycles. The third-order valence-electron chi connectivity index (χ3n) is 2.48.